The van der Waals surface area contributed by atoms with E-state index in [4.69, 9.17) is 5.26 Å². The molecule has 3 aromatic rings. The quantitative estimate of drug-likeness (QED) is 0.744. The number of para-hydroxylation sites is 1. The highest BCUT2D eigenvalue weighted by Gasteiger charge is 2.18. The van der Waals surface area contributed by atoms with E-state index >= 15 is 0 Å². The zero-order valence-electron chi connectivity index (χ0n) is 15.2. The number of anilines is 3. The average Bonchev–Trinajstić information content (AvgIpc) is 2.69. The zero-order chi connectivity index (χ0) is 19.2. The van der Waals surface area contributed by atoms with Crippen molar-refractivity contribution in [2.45, 2.75) is 13.8 Å². The lowest BCUT2D eigenvalue weighted by Crippen LogP contribution is -2.31. The number of nitrogens with one attached hydrogen (secondary N) is 1. The maximum absolute atomic E-state index is 13.0. The molecule has 6 heteroatoms. The Balaban J connectivity index is 1.90. The molecule has 0 atom stereocenters. The fraction of sp³-hybridized carbons (Fsp3) is 0.143. The number of aryl methyl sites for hydroxylation is 1. The van der Waals surface area contributed by atoms with Crippen LogP contribution in [0.15, 0.2) is 60.7 Å². The van der Waals surface area contributed by atoms with Crippen LogP contribution in [0.25, 0.3) is 0 Å². The topological polar surface area (TPSA) is 81.9 Å². The molecule has 0 radical (unpaired) electrons. The smallest absolute Gasteiger partial charge is 0.277 e. The van der Waals surface area contributed by atoms with Crippen LogP contribution >= 0.6 is 0 Å². The van der Waals surface area contributed by atoms with Crippen LogP contribution in [0.2, 0.25) is 0 Å². The van der Waals surface area contributed by atoms with Crippen LogP contribution in [0, 0.1) is 18.3 Å². The minimum absolute atomic E-state index is 0.192. The second kappa shape index (κ2) is 8.11. The molecule has 3 rings (SSSR count). The van der Waals surface area contributed by atoms with E-state index in [0.29, 0.717) is 29.4 Å². The van der Waals surface area contributed by atoms with Gasteiger partial charge in [-0.2, -0.15) is 5.26 Å². The summed E-state index contributed by atoms with van der Waals surface area (Å²) in [6, 6.07) is 20.3. The first-order valence-corrected chi connectivity index (χ1v) is 8.60. The molecule has 2 aromatic carbocycles. The highest BCUT2D eigenvalue weighted by atomic mass is 16.2. The highest BCUT2D eigenvalue weighted by Crippen LogP contribution is 2.20. The van der Waals surface area contributed by atoms with Gasteiger partial charge in [0.05, 0.1) is 11.6 Å². The van der Waals surface area contributed by atoms with Crippen molar-refractivity contribution in [1.29, 1.82) is 5.26 Å². The molecule has 0 spiro atoms. The molecule has 0 saturated heterocycles. The number of nitrogens with zero attached hydrogens (tertiary/aromatic N) is 4. The molecule has 0 saturated carbocycles. The normalized spacial score (nSPS) is 10.1. The Hall–Kier alpha value is -3.72. The summed E-state index contributed by atoms with van der Waals surface area (Å²) in [6.45, 7) is 4.19. The number of rotatable bonds is 5. The maximum atomic E-state index is 13.0. The highest BCUT2D eigenvalue weighted by molar-refractivity contribution is 6.05. The molecule has 0 aliphatic carbocycles. The van der Waals surface area contributed by atoms with Crippen LogP contribution in [0.4, 0.5) is 17.2 Å². The Labute approximate surface area is 158 Å². The van der Waals surface area contributed by atoms with Crippen molar-refractivity contribution in [1.82, 2.24) is 9.97 Å². The first-order chi connectivity index (χ1) is 13.1. The van der Waals surface area contributed by atoms with Gasteiger partial charge >= 0.3 is 0 Å². The summed E-state index contributed by atoms with van der Waals surface area (Å²) >= 11 is 0. The van der Waals surface area contributed by atoms with Crippen LogP contribution in [0.3, 0.4) is 0 Å². The number of nitriles is 1. The molecule has 1 aromatic heterocycles. The number of carbonyl (C=O) groups excluding carboxylic acids is 1. The first kappa shape index (κ1) is 18.1. The lowest BCUT2D eigenvalue weighted by molar-refractivity contribution is 0.0983. The van der Waals surface area contributed by atoms with E-state index in [1.54, 1.807) is 36.1 Å². The van der Waals surface area contributed by atoms with Gasteiger partial charge in [-0.05, 0) is 44.2 Å². The van der Waals surface area contributed by atoms with Gasteiger partial charge in [0.2, 0.25) is 0 Å². The Morgan fingerprint density at radius 3 is 2.59 bits per heavy atom. The molecule has 0 aliphatic heterocycles. The van der Waals surface area contributed by atoms with E-state index in [1.807, 2.05) is 43.3 Å². The average molecular weight is 357 g/mol. The summed E-state index contributed by atoms with van der Waals surface area (Å²) in [4.78, 5) is 23.3. The van der Waals surface area contributed by atoms with Crippen LogP contribution in [0.5, 0.6) is 0 Å². The Kier molecular flexibility index (Phi) is 5.43. The van der Waals surface area contributed by atoms with Gasteiger partial charge in [0, 0.05) is 24.0 Å². The summed E-state index contributed by atoms with van der Waals surface area (Å²) in [5.41, 5.74) is 2.40. The van der Waals surface area contributed by atoms with Crippen molar-refractivity contribution < 1.29 is 4.79 Å². The van der Waals surface area contributed by atoms with E-state index in [2.05, 4.69) is 21.4 Å². The van der Waals surface area contributed by atoms with E-state index in [1.165, 1.54) is 0 Å². The first-order valence-electron chi connectivity index (χ1n) is 8.60. The molecule has 6 nitrogen and oxygen atoms in total. The summed E-state index contributed by atoms with van der Waals surface area (Å²) in [7, 11) is 0. The number of hydrogen-bond donors (Lipinski definition) is 1. The monoisotopic (exact) mass is 357 g/mol. The van der Waals surface area contributed by atoms with Crippen molar-refractivity contribution in [3.05, 3.63) is 77.7 Å². The number of hydrogen-bond acceptors (Lipinski definition) is 5. The fourth-order valence-corrected chi connectivity index (χ4v) is 2.75. The summed E-state index contributed by atoms with van der Waals surface area (Å²) in [5, 5.41) is 12.2. The predicted octanol–water partition coefficient (Wildman–Crippen LogP) is 4.07. The van der Waals surface area contributed by atoms with Gasteiger partial charge in [0.25, 0.3) is 5.91 Å². The molecule has 0 aliphatic rings. The van der Waals surface area contributed by atoms with Gasteiger partial charge in [-0.1, -0.05) is 24.3 Å². The maximum Gasteiger partial charge on any atom is 0.277 e. The number of carbonyl (C=O) groups is 1. The summed E-state index contributed by atoms with van der Waals surface area (Å²) in [6.07, 6.45) is 0. The fourth-order valence-electron chi connectivity index (χ4n) is 2.75. The third kappa shape index (κ3) is 4.28. The van der Waals surface area contributed by atoms with Crippen molar-refractivity contribution in [2.75, 3.05) is 16.8 Å². The molecule has 27 heavy (non-hydrogen) atoms. The van der Waals surface area contributed by atoms with Gasteiger partial charge in [-0.3, -0.25) is 4.79 Å². The molecular formula is C21H19N5O. The Bertz CT molecular complexity index is 995. The number of amides is 1. The largest absolute Gasteiger partial charge is 0.340 e. The Morgan fingerprint density at radius 1 is 1.11 bits per heavy atom. The van der Waals surface area contributed by atoms with Crippen LogP contribution < -0.4 is 10.2 Å². The van der Waals surface area contributed by atoms with Gasteiger partial charge < -0.3 is 10.2 Å². The van der Waals surface area contributed by atoms with Gasteiger partial charge in [-0.15, -0.1) is 0 Å². The van der Waals surface area contributed by atoms with E-state index in [-0.39, 0.29) is 5.91 Å². The van der Waals surface area contributed by atoms with Crippen LogP contribution in [-0.4, -0.2) is 22.4 Å². The summed E-state index contributed by atoms with van der Waals surface area (Å²) < 4.78 is 0. The molecule has 0 unspecified atom stereocenters. The zero-order valence-corrected chi connectivity index (χ0v) is 15.2. The molecular weight excluding hydrogens is 338 g/mol. The minimum atomic E-state index is -0.192. The van der Waals surface area contributed by atoms with Gasteiger partial charge in [-0.25, -0.2) is 9.97 Å². The third-order valence-corrected chi connectivity index (χ3v) is 3.95. The van der Waals surface area contributed by atoms with Crippen molar-refractivity contribution in [3.63, 3.8) is 0 Å². The number of benzene rings is 2. The predicted molar refractivity (Wildman–Crippen MR) is 105 cm³/mol. The van der Waals surface area contributed by atoms with Crippen molar-refractivity contribution in [3.8, 4) is 6.07 Å². The van der Waals surface area contributed by atoms with Gasteiger partial charge in [0.15, 0.2) is 0 Å². The molecule has 0 fully saturated rings. The molecule has 1 N–H and O–H groups in total. The third-order valence-electron chi connectivity index (χ3n) is 3.95. The standard InChI is InChI=1S/C21H19N5O/c1-3-26(18-10-5-4-6-11-18)21(27)19-13-20(24-15(2)23-19)25-17-9-7-8-16(12-17)14-22/h4-13H,3H2,1-2H3,(H,23,24,25). The second-order valence-corrected chi connectivity index (χ2v) is 5.89. The Morgan fingerprint density at radius 2 is 1.89 bits per heavy atom. The van der Waals surface area contributed by atoms with Crippen molar-refractivity contribution in [2.24, 2.45) is 0 Å². The van der Waals surface area contributed by atoms with Gasteiger partial charge in [0.1, 0.15) is 17.3 Å². The lowest BCUT2D eigenvalue weighted by Gasteiger charge is -2.21. The summed E-state index contributed by atoms with van der Waals surface area (Å²) in [5.74, 6) is 0.803. The van der Waals surface area contributed by atoms with E-state index in [0.717, 1.165) is 11.4 Å². The van der Waals surface area contributed by atoms with E-state index < -0.39 is 0 Å². The second-order valence-electron chi connectivity index (χ2n) is 5.89. The molecule has 0 bridgehead atoms. The molecule has 1 heterocycles. The van der Waals surface area contributed by atoms with Crippen molar-refractivity contribution >= 4 is 23.1 Å². The lowest BCUT2D eigenvalue weighted by atomic mass is 10.2. The molecule has 134 valence electrons. The van der Waals surface area contributed by atoms with Crippen LogP contribution in [0.1, 0.15) is 28.8 Å². The minimum Gasteiger partial charge on any atom is -0.340 e. The molecule has 1 amide bonds. The van der Waals surface area contributed by atoms with Crippen LogP contribution in [-0.2, 0) is 0 Å². The van der Waals surface area contributed by atoms with E-state index in [9.17, 15) is 4.79 Å². The SMILES string of the molecule is CCN(C(=O)c1cc(Nc2cccc(C#N)c2)nc(C)n1)c1ccccc1. The number of aromatic nitrogens is 2.